The largest absolute Gasteiger partial charge is 1.00 e. The summed E-state index contributed by atoms with van der Waals surface area (Å²) in [4.78, 5) is 0. The maximum absolute atomic E-state index is 3.38. The maximum atomic E-state index is 3.38. The second kappa shape index (κ2) is 20.3. The molecule has 0 unspecified atom stereocenters. The fourth-order valence-electron chi connectivity index (χ4n) is 7.60. The first-order valence-electron chi connectivity index (χ1n) is 17.3. The second-order valence-corrected chi connectivity index (χ2v) is 12.9. The van der Waals surface area contributed by atoms with E-state index < -0.39 is 0 Å². The van der Waals surface area contributed by atoms with Gasteiger partial charge in [-0.15, -0.1) is 69.1 Å². The molecule has 0 bridgehead atoms. The van der Waals surface area contributed by atoms with E-state index in [9.17, 15) is 0 Å². The zero-order valence-corrected chi connectivity index (χ0v) is 33.3. The molecule has 48 heavy (non-hydrogen) atoms. The Morgan fingerprint density at radius 1 is 0.479 bits per heavy atom. The number of halogens is 2. The van der Waals surface area contributed by atoms with Gasteiger partial charge < -0.3 is 45.1 Å². The predicted molar refractivity (Wildman–Crippen MR) is 197 cm³/mol. The second-order valence-electron chi connectivity index (χ2n) is 12.9. The fourth-order valence-corrected chi connectivity index (χ4v) is 7.60. The summed E-state index contributed by atoms with van der Waals surface area (Å²) in [6, 6.07) is 44.7. The zero-order valence-electron chi connectivity index (χ0n) is 28.2. The number of hydrogen-bond acceptors (Lipinski definition) is 0. The van der Waals surface area contributed by atoms with Crippen LogP contribution in [0.15, 0.2) is 121 Å². The summed E-state index contributed by atoms with van der Waals surface area (Å²) >= 11 is 0. The van der Waals surface area contributed by atoms with Crippen LogP contribution in [0.5, 0.6) is 0 Å². The number of fused-ring (bicyclic) bond motifs is 2. The summed E-state index contributed by atoms with van der Waals surface area (Å²) in [7, 11) is 0. The SMILES string of the molecule is [CH2-]C[CH2-].[Cl-].[Cl-].[Hf].c1ccc(-c2cccc3[cH-]c(C4CCCCC4)cc23)cc1.c1ccc(-c2cccc3[cH-]c(C4CCCCC4)cc23)cc1. The average Bonchev–Trinajstić information content (AvgIpc) is 3.76. The molecule has 2 fully saturated rings. The molecule has 8 rings (SSSR count). The van der Waals surface area contributed by atoms with Crippen LogP contribution >= 0.6 is 0 Å². The van der Waals surface area contributed by atoms with Crippen molar-refractivity contribution >= 4 is 21.5 Å². The van der Waals surface area contributed by atoms with Crippen molar-refractivity contribution < 1.29 is 50.7 Å². The summed E-state index contributed by atoms with van der Waals surface area (Å²) in [6.07, 6.45) is 14.7. The first kappa shape index (κ1) is 40.0. The number of benzene rings is 4. The minimum atomic E-state index is 0. The molecule has 0 aliphatic heterocycles. The van der Waals surface area contributed by atoms with Crippen LogP contribution in [0.3, 0.4) is 0 Å². The van der Waals surface area contributed by atoms with Crippen molar-refractivity contribution in [3.8, 4) is 22.3 Å². The molecule has 2 saturated carbocycles. The van der Waals surface area contributed by atoms with Crippen LogP contribution in [-0.2, 0) is 25.8 Å². The van der Waals surface area contributed by atoms with Gasteiger partial charge in [-0.1, -0.05) is 122 Å². The smallest absolute Gasteiger partial charge is 0 e. The molecule has 0 N–H and O–H groups in total. The minimum absolute atomic E-state index is 0. The van der Waals surface area contributed by atoms with Gasteiger partial charge in [-0.3, -0.25) is 0 Å². The molecule has 0 radical (unpaired) electrons. The zero-order chi connectivity index (χ0) is 30.8. The molecule has 6 aromatic rings. The molecule has 0 spiro atoms. The number of hydrogen-bond donors (Lipinski definition) is 0. The molecule has 0 nitrogen and oxygen atoms in total. The fraction of sp³-hybridized carbons (Fsp3) is 0.289. The van der Waals surface area contributed by atoms with Gasteiger partial charge in [-0.2, -0.15) is 12.1 Å². The Morgan fingerprint density at radius 3 is 1.19 bits per heavy atom. The third kappa shape index (κ3) is 9.83. The summed E-state index contributed by atoms with van der Waals surface area (Å²) in [5.74, 6) is 1.57. The molecule has 0 saturated heterocycles. The van der Waals surface area contributed by atoms with E-state index in [1.165, 1.54) is 108 Å². The van der Waals surface area contributed by atoms with Crippen LogP contribution < -0.4 is 24.8 Å². The quantitative estimate of drug-likeness (QED) is 0.127. The van der Waals surface area contributed by atoms with E-state index in [2.05, 4.69) is 135 Å². The van der Waals surface area contributed by atoms with E-state index in [1.807, 2.05) is 0 Å². The molecule has 252 valence electrons. The van der Waals surface area contributed by atoms with Crippen molar-refractivity contribution in [2.24, 2.45) is 0 Å². The molecule has 2 aliphatic rings. The molecule has 0 heterocycles. The van der Waals surface area contributed by atoms with Crippen molar-refractivity contribution in [2.45, 2.75) is 82.5 Å². The van der Waals surface area contributed by atoms with Crippen LogP contribution in [0.25, 0.3) is 43.8 Å². The molecule has 6 aromatic carbocycles. The van der Waals surface area contributed by atoms with Crippen LogP contribution in [0.1, 0.15) is 93.6 Å². The molecule has 3 heteroatoms. The Hall–Kier alpha value is -2.45. The van der Waals surface area contributed by atoms with Gasteiger partial charge in [-0.25, -0.2) is 0 Å². The summed E-state index contributed by atoms with van der Waals surface area (Å²) in [5.41, 5.74) is 8.51. The Labute approximate surface area is 321 Å². The van der Waals surface area contributed by atoms with Gasteiger partial charge in [0.1, 0.15) is 0 Å². The normalized spacial score (nSPS) is 14.7. The Morgan fingerprint density at radius 2 is 0.833 bits per heavy atom. The van der Waals surface area contributed by atoms with Gasteiger partial charge >= 0.3 is 0 Å². The van der Waals surface area contributed by atoms with E-state index in [1.54, 1.807) is 11.1 Å². The Balaban J connectivity index is 0.000000228. The Bertz CT molecular complexity index is 1620. The number of rotatable bonds is 4. The van der Waals surface area contributed by atoms with Crippen molar-refractivity contribution in [1.29, 1.82) is 0 Å². The van der Waals surface area contributed by atoms with Crippen molar-refractivity contribution in [3.63, 3.8) is 0 Å². The predicted octanol–water partition coefficient (Wildman–Crippen LogP) is 7.60. The third-order valence-electron chi connectivity index (χ3n) is 9.87. The molecule has 0 atom stereocenters. The Kier molecular flexibility index (Phi) is 16.9. The molecule has 2 aliphatic carbocycles. The van der Waals surface area contributed by atoms with E-state index in [0.717, 1.165) is 18.3 Å². The van der Waals surface area contributed by atoms with Crippen LogP contribution in [0, 0.1) is 13.8 Å². The third-order valence-corrected chi connectivity index (χ3v) is 9.87. The van der Waals surface area contributed by atoms with E-state index in [4.69, 9.17) is 0 Å². The monoisotopic (exact) mass is 838 g/mol. The summed E-state index contributed by atoms with van der Waals surface area (Å²) in [5, 5.41) is 5.64. The standard InChI is InChI=1S/2C21H21.C3H6.2ClH.Hf/c2*1-3-8-16(9-4-1)19-14-18-12-7-13-20(21(18)15-19)17-10-5-2-6-11-17;1-3-2;;;/h2*2,5-7,10-16H,1,3-4,8-9H2;1-3H2;2*1H;/q2*-1;-2;;;/p-2. The molecular weight excluding hydrogens is 790 g/mol. The molecule has 0 amide bonds. The van der Waals surface area contributed by atoms with Crippen LogP contribution in [0.4, 0.5) is 0 Å². The summed E-state index contributed by atoms with van der Waals surface area (Å²) in [6.45, 7) is 6.75. The maximum Gasteiger partial charge on any atom is 0 e. The first-order valence-corrected chi connectivity index (χ1v) is 17.3. The van der Waals surface area contributed by atoms with Crippen LogP contribution in [-0.4, -0.2) is 0 Å². The average molecular weight is 838 g/mol. The van der Waals surface area contributed by atoms with Gasteiger partial charge in [0.15, 0.2) is 0 Å². The van der Waals surface area contributed by atoms with Gasteiger partial charge in [0, 0.05) is 25.8 Å². The van der Waals surface area contributed by atoms with Crippen molar-refractivity contribution in [1.82, 2.24) is 0 Å². The molecular formula is C45H48Cl2Hf-6. The van der Waals surface area contributed by atoms with Crippen molar-refractivity contribution in [3.05, 3.63) is 146 Å². The minimum Gasteiger partial charge on any atom is -1.00 e. The van der Waals surface area contributed by atoms with Gasteiger partial charge in [-0.05, 0) is 48.6 Å². The van der Waals surface area contributed by atoms with Crippen molar-refractivity contribution in [2.75, 3.05) is 0 Å². The summed E-state index contributed by atoms with van der Waals surface area (Å²) < 4.78 is 0. The van der Waals surface area contributed by atoms with Gasteiger partial charge in [0.2, 0.25) is 0 Å². The van der Waals surface area contributed by atoms with Crippen LogP contribution in [0.2, 0.25) is 0 Å². The molecule has 0 aromatic heterocycles. The van der Waals surface area contributed by atoms with E-state index >= 15 is 0 Å². The van der Waals surface area contributed by atoms with E-state index in [-0.39, 0.29) is 50.7 Å². The van der Waals surface area contributed by atoms with E-state index in [0.29, 0.717) is 0 Å². The first-order chi connectivity index (χ1) is 22.2. The van der Waals surface area contributed by atoms with Gasteiger partial charge in [0.25, 0.3) is 0 Å². The van der Waals surface area contributed by atoms with Gasteiger partial charge in [0.05, 0.1) is 0 Å². The topological polar surface area (TPSA) is 0 Å².